The zero-order chi connectivity index (χ0) is 17.3. The van der Waals surface area contributed by atoms with Crippen molar-refractivity contribution in [2.45, 2.75) is 13.0 Å². The van der Waals surface area contributed by atoms with Gasteiger partial charge in [-0.15, -0.1) is 0 Å². The van der Waals surface area contributed by atoms with Crippen LogP contribution in [0.5, 0.6) is 0 Å². The molecule has 0 bridgehead atoms. The Kier molecular flexibility index (Phi) is 4.14. The fourth-order valence-corrected chi connectivity index (χ4v) is 2.54. The van der Waals surface area contributed by atoms with Gasteiger partial charge in [0.15, 0.2) is 0 Å². The van der Waals surface area contributed by atoms with Crippen LogP contribution in [0.3, 0.4) is 0 Å². The van der Waals surface area contributed by atoms with Crippen LogP contribution in [-0.4, -0.2) is 21.0 Å². The number of H-pyrrole nitrogens is 1. The molecule has 0 radical (unpaired) electrons. The van der Waals surface area contributed by atoms with Crippen LogP contribution in [0, 0.1) is 5.82 Å². The molecule has 0 saturated heterocycles. The van der Waals surface area contributed by atoms with Gasteiger partial charge in [0.05, 0.1) is 6.10 Å². The lowest BCUT2D eigenvalue weighted by molar-refractivity contribution is -0.113. The molecule has 2 aromatic heterocycles. The first-order valence-corrected chi connectivity index (χ1v) is 7.38. The molecule has 3 rings (SSSR count). The highest BCUT2D eigenvalue weighted by atomic mass is 19.1. The molecule has 0 saturated carbocycles. The number of pyridine rings is 1. The number of hydrogen-bond donors (Lipinski definition) is 3. The Morgan fingerprint density at radius 2 is 2.17 bits per heavy atom. The van der Waals surface area contributed by atoms with E-state index in [-0.39, 0.29) is 5.56 Å². The lowest BCUT2D eigenvalue weighted by Gasteiger charge is -2.08. The van der Waals surface area contributed by atoms with Gasteiger partial charge in [0.1, 0.15) is 11.5 Å². The molecular weight excluding hydrogens is 309 g/mol. The number of nitrogens with two attached hydrogens (primary N) is 1. The number of aliphatic hydroxyl groups is 1. The molecule has 5 nitrogen and oxygen atoms in total. The third-order valence-electron chi connectivity index (χ3n) is 3.77. The lowest BCUT2D eigenvalue weighted by atomic mass is 10.0. The zero-order valence-electron chi connectivity index (χ0n) is 13.0. The number of rotatable bonds is 4. The summed E-state index contributed by atoms with van der Waals surface area (Å²) in [6.07, 6.45) is 5.36. The Bertz CT molecular complexity index is 945. The Morgan fingerprint density at radius 1 is 1.38 bits per heavy atom. The predicted octanol–water partition coefficient (Wildman–Crippen LogP) is 2.92. The van der Waals surface area contributed by atoms with Crippen LogP contribution in [0.1, 0.15) is 24.2 Å². The summed E-state index contributed by atoms with van der Waals surface area (Å²) in [5.41, 5.74) is 8.16. The number of carbonyl (C=O) groups excluding carboxylic acids is 1. The van der Waals surface area contributed by atoms with E-state index in [9.17, 15) is 14.3 Å². The number of hydrogen-bond acceptors (Lipinski definition) is 3. The summed E-state index contributed by atoms with van der Waals surface area (Å²) in [6.45, 7) is 1.52. The van der Waals surface area contributed by atoms with Gasteiger partial charge in [-0.2, -0.15) is 0 Å². The molecule has 1 amide bonds. The quantitative estimate of drug-likeness (QED) is 0.644. The molecule has 122 valence electrons. The van der Waals surface area contributed by atoms with Crippen LogP contribution in [-0.2, 0) is 4.79 Å². The van der Waals surface area contributed by atoms with E-state index in [1.165, 1.54) is 19.1 Å². The van der Waals surface area contributed by atoms with Gasteiger partial charge >= 0.3 is 0 Å². The Labute approximate surface area is 137 Å². The molecule has 2 heterocycles. The van der Waals surface area contributed by atoms with Crippen molar-refractivity contribution < 1.29 is 14.3 Å². The van der Waals surface area contributed by atoms with E-state index in [4.69, 9.17) is 5.73 Å². The number of nitrogens with one attached hydrogen (secondary N) is 1. The van der Waals surface area contributed by atoms with Gasteiger partial charge in [0, 0.05) is 40.5 Å². The summed E-state index contributed by atoms with van der Waals surface area (Å²) in [6, 6.07) is 6.52. The van der Waals surface area contributed by atoms with E-state index in [1.54, 1.807) is 30.6 Å². The monoisotopic (exact) mass is 325 g/mol. The number of carbonyl (C=O) groups is 1. The second-order valence-corrected chi connectivity index (χ2v) is 5.51. The van der Waals surface area contributed by atoms with Crippen LogP contribution < -0.4 is 5.73 Å². The summed E-state index contributed by atoms with van der Waals surface area (Å²) < 4.78 is 14.1. The van der Waals surface area contributed by atoms with E-state index in [0.717, 1.165) is 16.5 Å². The molecule has 0 spiro atoms. The number of nitrogens with zero attached hydrogens (tertiary/aromatic N) is 1. The van der Waals surface area contributed by atoms with Crippen molar-refractivity contribution in [2.75, 3.05) is 0 Å². The van der Waals surface area contributed by atoms with Gasteiger partial charge in [-0.25, -0.2) is 9.37 Å². The molecule has 0 fully saturated rings. The first-order chi connectivity index (χ1) is 11.5. The van der Waals surface area contributed by atoms with Crippen molar-refractivity contribution in [3.63, 3.8) is 0 Å². The zero-order valence-corrected chi connectivity index (χ0v) is 13.0. The van der Waals surface area contributed by atoms with Crippen molar-refractivity contribution in [3.8, 4) is 11.1 Å². The number of aromatic nitrogens is 2. The smallest absolute Gasteiger partial charge is 0.241 e. The van der Waals surface area contributed by atoms with Gasteiger partial charge in [-0.3, -0.25) is 4.79 Å². The molecule has 6 heteroatoms. The molecule has 1 atom stereocenters. The normalized spacial score (nSPS) is 12.8. The molecule has 0 aliphatic rings. The number of fused-ring (bicyclic) bond motifs is 1. The first-order valence-electron chi connectivity index (χ1n) is 7.38. The van der Waals surface area contributed by atoms with Gasteiger partial charge < -0.3 is 15.8 Å². The standard InChI is InChI=1S/C18H16FN3O2/c1-10(23)14-4-2-11(7-16(14)19)13-6-15-12(3-5-17(20)24)8-21-18(15)22-9-13/h2-10,23H,1H3,(H2,20,24)(H,21,22)/b5-3+/t10-/m1/s1. The van der Waals surface area contributed by atoms with Crippen molar-refractivity contribution in [1.29, 1.82) is 0 Å². The van der Waals surface area contributed by atoms with Crippen molar-refractivity contribution in [2.24, 2.45) is 5.73 Å². The highest BCUT2D eigenvalue weighted by molar-refractivity contribution is 5.95. The van der Waals surface area contributed by atoms with Gasteiger partial charge in [0.25, 0.3) is 0 Å². The first kappa shape index (κ1) is 15.9. The SMILES string of the molecule is C[C@@H](O)c1ccc(-c2cnc3[nH]cc(/C=C/C(N)=O)c3c2)cc1F. The number of benzene rings is 1. The molecule has 1 aromatic carbocycles. The average Bonchev–Trinajstić information content (AvgIpc) is 2.94. The number of primary amides is 1. The van der Waals surface area contributed by atoms with Gasteiger partial charge in [0.2, 0.25) is 5.91 Å². The summed E-state index contributed by atoms with van der Waals surface area (Å²) in [7, 11) is 0. The minimum atomic E-state index is -0.866. The molecule has 3 aromatic rings. The van der Waals surface area contributed by atoms with Crippen LogP contribution in [0.4, 0.5) is 4.39 Å². The number of halogens is 1. The molecule has 4 N–H and O–H groups in total. The second kappa shape index (κ2) is 6.25. The minimum absolute atomic E-state index is 0.250. The van der Waals surface area contributed by atoms with E-state index < -0.39 is 17.8 Å². The number of aromatic amines is 1. The van der Waals surface area contributed by atoms with Crippen LogP contribution >= 0.6 is 0 Å². The summed E-state index contributed by atoms with van der Waals surface area (Å²) in [4.78, 5) is 18.2. The topological polar surface area (TPSA) is 92.0 Å². The van der Waals surface area contributed by atoms with Crippen molar-refractivity contribution >= 4 is 23.0 Å². The molecular formula is C18H16FN3O2. The fourth-order valence-electron chi connectivity index (χ4n) is 2.54. The summed E-state index contributed by atoms with van der Waals surface area (Å²) >= 11 is 0. The van der Waals surface area contributed by atoms with E-state index >= 15 is 0 Å². The third-order valence-corrected chi connectivity index (χ3v) is 3.77. The van der Waals surface area contributed by atoms with Crippen LogP contribution in [0.25, 0.3) is 28.2 Å². The number of aliphatic hydroxyl groups excluding tert-OH is 1. The highest BCUT2D eigenvalue weighted by Crippen LogP contribution is 2.28. The van der Waals surface area contributed by atoms with Crippen molar-refractivity contribution in [1.82, 2.24) is 9.97 Å². The fraction of sp³-hybridized carbons (Fsp3) is 0.111. The second-order valence-electron chi connectivity index (χ2n) is 5.51. The van der Waals surface area contributed by atoms with E-state index in [2.05, 4.69) is 9.97 Å². The maximum Gasteiger partial charge on any atom is 0.241 e. The maximum absolute atomic E-state index is 14.1. The van der Waals surface area contributed by atoms with Gasteiger partial charge in [-0.05, 0) is 30.7 Å². The van der Waals surface area contributed by atoms with Crippen molar-refractivity contribution in [3.05, 3.63) is 59.7 Å². The van der Waals surface area contributed by atoms with E-state index in [0.29, 0.717) is 11.2 Å². The van der Waals surface area contributed by atoms with Gasteiger partial charge in [-0.1, -0.05) is 12.1 Å². The number of amides is 1. The summed E-state index contributed by atoms with van der Waals surface area (Å²) in [5.74, 6) is -1.00. The summed E-state index contributed by atoms with van der Waals surface area (Å²) in [5, 5.41) is 10.3. The maximum atomic E-state index is 14.1. The Morgan fingerprint density at radius 3 is 2.83 bits per heavy atom. The Hall–Kier alpha value is -2.99. The van der Waals surface area contributed by atoms with Crippen LogP contribution in [0.2, 0.25) is 0 Å². The minimum Gasteiger partial charge on any atom is -0.389 e. The Balaban J connectivity index is 2.06. The molecule has 24 heavy (non-hydrogen) atoms. The average molecular weight is 325 g/mol. The molecule has 0 aliphatic carbocycles. The molecule has 0 aliphatic heterocycles. The highest BCUT2D eigenvalue weighted by Gasteiger charge is 2.11. The van der Waals surface area contributed by atoms with E-state index in [1.807, 2.05) is 6.07 Å². The molecule has 0 unspecified atom stereocenters. The largest absolute Gasteiger partial charge is 0.389 e. The predicted molar refractivity (Wildman–Crippen MR) is 90.3 cm³/mol. The van der Waals surface area contributed by atoms with Crippen LogP contribution in [0.15, 0.2) is 42.7 Å². The lowest BCUT2D eigenvalue weighted by Crippen LogP contribution is -2.04. The third kappa shape index (κ3) is 3.04.